The molecule has 2 aromatic rings. The summed E-state index contributed by atoms with van der Waals surface area (Å²) < 4.78 is 5.18. The van der Waals surface area contributed by atoms with Crippen LogP contribution in [0.3, 0.4) is 0 Å². The first-order valence-electron chi connectivity index (χ1n) is 5.78. The molecule has 0 unspecified atom stereocenters. The first-order valence-corrected chi connectivity index (χ1v) is 5.78. The van der Waals surface area contributed by atoms with E-state index in [1.807, 2.05) is 24.3 Å². The molecule has 2 N–H and O–H groups in total. The molecule has 0 aliphatic rings. The highest BCUT2D eigenvalue weighted by Gasteiger charge is 2.22. The normalized spacial score (nSPS) is 13.9. The van der Waals surface area contributed by atoms with Gasteiger partial charge in [-0.25, -0.2) is 0 Å². The summed E-state index contributed by atoms with van der Waals surface area (Å²) in [5, 5.41) is 20.4. The van der Waals surface area contributed by atoms with Crippen LogP contribution in [0.15, 0.2) is 54.6 Å². The summed E-state index contributed by atoms with van der Waals surface area (Å²) in [5.74, 6) is 0.569. The zero-order valence-corrected chi connectivity index (χ0v) is 10.2. The average Bonchev–Trinajstić information content (AvgIpc) is 2.46. The number of rotatable bonds is 4. The number of aliphatic hydroxyl groups is 2. The van der Waals surface area contributed by atoms with E-state index in [0.717, 1.165) is 0 Å². The highest BCUT2D eigenvalue weighted by atomic mass is 16.5. The van der Waals surface area contributed by atoms with Crippen LogP contribution in [-0.4, -0.2) is 17.3 Å². The van der Waals surface area contributed by atoms with Gasteiger partial charge < -0.3 is 14.9 Å². The maximum absolute atomic E-state index is 10.2. The van der Waals surface area contributed by atoms with Crippen LogP contribution < -0.4 is 4.74 Å². The molecule has 0 aliphatic heterocycles. The molecular formula is C15H16O3. The smallest absolute Gasteiger partial charge is 0.124 e. The summed E-state index contributed by atoms with van der Waals surface area (Å²) in [6.07, 6.45) is -1.98. The standard InChI is InChI=1S/C15H16O3/c1-18-13-10-6-5-9-12(13)15(17)14(16)11-7-3-2-4-8-11/h2-10,14-17H,1H3/t14-,15-/m0/s1. The van der Waals surface area contributed by atoms with Gasteiger partial charge in [-0.2, -0.15) is 0 Å². The molecule has 3 nitrogen and oxygen atoms in total. The molecule has 94 valence electrons. The molecule has 0 aliphatic carbocycles. The Morgan fingerprint density at radius 3 is 2.11 bits per heavy atom. The summed E-state index contributed by atoms with van der Waals surface area (Å²) >= 11 is 0. The van der Waals surface area contributed by atoms with Gasteiger partial charge in [0, 0.05) is 5.56 Å². The minimum atomic E-state index is -1.01. The molecule has 0 radical (unpaired) electrons. The maximum atomic E-state index is 10.2. The van der Waals surface area contributed by atoms with E-state index in [2.05, 4.69) is 0 Å². The molecule has 0 fully saturated rings. The molecule has 0 aromatic heterocycles. The van der Waals surface area contributed by atoms with Crippen molar-refractivity contribution in [2.45, 2.75) is 12.2 Å². The van der Waals surface area contributed by atoms with Crippen LogP contribution in [-0.2, 0) is 0 Å². The molecule has 3 heteroatoms. The van der Waals surface area contributed by atoms with Crippen molar-refractivity contribution in [3.63, 3.8) is 0 Å². The minimum Gasteiger partial charge on any atom is -0.496 e. The van der Waals surface area contributed by atoms with Gasteiger partial charge in [0.15, 0.2) is 0 Å². The van der Waals surface area contributed by atoms with Crippen LogP contribution in [0.25, 0.3) is 0 Å². The minimum absolute atomic E-state index is 0.569. The summed E-state index contributed by atoms with van der Waals surface area (Å²) in [7, 11) is 1.54. The molecule has 0 spiro atoms. The highest BCUT2D eigenvalue weighted by molar-refractivity contribution is 5.36. The SMILES string of the molecule is COc1ccccc1[C@H](O)[C@@H](O)c1ccccc1. The topological polar surface area (TPSA) is 49.7 Å². The molecular weight excluding hydrogens is 228 g/mol. The number of para-hydroxylation sites is 1. The van der Waals surface area contributed by atoms with E-state index in [0.29, 0.717) is 16.9 Å². The second-order valence-electron chi connectivity index (χ2n) is 4.04. The fourth-order valence-electron chi connectivity index (χ4n) is 1.91. The Bertz CT molecular complexity index is 496. The van der Waals surface area contributed by atoms with E-state index in [1.165, 1.54) is 0 Å². The Labute approximate surface area is 106 Å². The zero-order chi connectivity index (χ0) is 13.0. The fourth-order valence-corrected chi connectivity index (χ4v) is 1.91. The van der Waals surface area contributed by atoms with Gasteiger partial charge in [0.25, 0.3) is 0 Å². The van der Waals surface area contributed by atoms with Crippen LogP contribution in [0.4, 0.5) is 0 Å². The molecule has 0 saturated carbocycles. The van der Waals surface area contributed by atoms with Gasteiger partial charge in [-0.15, -0.1) is 0 Å². The predicted molar refractivity (Wildman–Crippen MR) is 69.4 cm³/mol. The van der Waals surface area contributed by atoms with Crippen molar-refractivity contribution in [1.82, 2.24) is 0 Å². The number of aliphatic hydroxyl groups excluding tert-OH is 2. The number of hydrogen-bond acceptors (Lipinski definition) is 3. The zero-order valence-electron chi connectivity index (χ0n) is 10.2. The molecule has 2 atom stereocenters. The third-order valence-corrected chi connectivity index (χ3v) is 2.90. The lowest BCUT2D eigenvalue weighted by Crippen LogP contribution is -2.11. The second kappa shape index (κ2) is 5.67. The Morgan fingerprint density at radius 2 is 1.44 bits per heavy atom. The Hall–Kier alpha value is -1.84. The van der Waals surface area contributed by atoms with Crippen molar-refractivity contribution >= 4 is 0 Å². The maximum Gasteiger partial charge on any atom is 0.124 e. The van der Waals surface area contributed by atoms with Crippen molar-refractivity contribution in [2.75, 3.05) is 7.11 Å². The van der Waals surface area contributed by atoms with Gasteiger partial charge in [0.05, 0.1) is 7.11 Å². The summed E-state index contributed by atoms with van der Waals surface area (Å²) in [4.78, 5) is 0. The number of hydrogen-bond donors (Lipinski definition) is 2. The molecule has 0 amide bonds. The van der Waals surface area contributed by atoms with E-state index in [4.69, 9.17) is 4.74 Å². The molecule has 0 bridgehead atoms. The molecule has 18 heavy (non-hydrogen) atoms. The van der Waals surface area contributed by atoms with Crippen LogP contribution in [0, 0.1) is 0 Å². The largest absolute Gasteiger partial charge is 0.496 e. The molecule has 2 rings (SSSR count). The molecule has 0 saturated heterocycles. The summed E-state index contributed by atoms with van der Waals surface area (Å²) in [6.45, 7) is 0. The first kappa shape index (κ1) is 12.6. The lowest BCUT2D eigenvalue weighted by Gasteiger charge is -2.20. The van der Waals surface area contributed by atoms with E-state index in [9.17, 15) is 10.2 Å². The van der Waals surface area contributed by atoms with Crippen molar-refractivity contribution in [3.05, 3.63) is 65.7 Å². The number of ether oxygens (including phenoxy) is 1. The monoisotopic (exact) mass is 244 g/mol. The summed E-state index contributed by atoms with van der Waals surface area (Å²) in [5.41, 5.74) is 1.26. The van der Waals surface area contributed by atoms with E-state index in [-0.39, 0.29) is 0 Å². The quantitative estimate of drug-likeness (QED) is 0.868. The van der Waals surface area contributed by atoms with Gasteiger partial charge in [-0.05, 0) is 11.6 Å². The Balaban J connectivity index is 2.28. The highest BCUT2D eigenvalue weighted by Crippen LogP contribution is 2.33. The van der Waals surface area contributed by atoms with E-state index < -0.39 is 12.2 Å². The van der Waals surface area contributed by atoms with Gasteiger partial charge in [0.2, 0.25) is 0 Å². The van der Waals surface area contributed by atoms with Crippen molar-refractivity contribution in [2.24, 2.45) is 0 Å². The number of benzene rings is 2. The van der Waals surface area contributed by atoms with Gasteiger partial charge in [0.1, 0.15) is 18.0 Å². The first-order chi connectivity index (χ1) is 8.74. The Morgan fingerprint density at radius 1 is 0.833 bits per heavy atom. The average molecular weight is 244 g/mol. The lowest BCUT2D eigenvalue weighted by molar-refractivity contribution is 0.0159. The van der Waals surface area contributed by atoms with Crippen LogP contribution in [0.2, 0.25) is 0 Å². The Kier molecular flexibility index (Phi) is 3.97. The second-order valence-corrected chi connectivity index (χ2v) is 4.04. The lowest BCUT2D eigenvalue weighted by atomic mass is 9.98. The van der Waals surface area contributed by atoms with Crippen molar-refractivity contribution in [1.29, 1.82) is 0 Å². The number of methoxy groups -OCH3 is 1. The molecule has 2 aromatic carbocycles. The third-order valence-electron chi connectivity index (χ3n) is 2.90. The summed E-state index contributed by atoms with van der Waals surface area (Å²) in [6, 6.07) is 16.2. The van der Waals surface area contributed by atoms with Gasteiger partial charge in [-0.1, -0.05) is 48.5 Å². The van der Waals surface area contributed by atoms with Crippen molar-refractivity contribution < 1.29 is 14.9 Å². The van der Waals surface area contributed by atoms with E-state index >= 15 is 0 Å². The van der Waals surface area contributed by atoms with Gasteiger partial charge >= 0.3 is 0 Å². The molecule has 0 heterocycles. The van der Waals surface area contributed by atoms with Crippen LogP contribution >= 0.6 is 0 Å². The van der Waals surface area contributed by atoms with Crippen LogP contribution in [0.5, 0.6) is 5.75 Å². The van der Waals surface area contributed by atoms with E-state index in [1.54, 1.807) is 37.4 Å². The van der Waals surface area contributed by atoms with Crippen molar-refractivity contribution in [3.8, 4) is 5.75 Å². The van der Waals surface area contributed by atoms with Crippen LogP contribution in [0.1, 0.15) is 23.3 Å². The van der Waals surface area contributed by atoms with Gasteiger partial charge in [-0.3, -0.25) is 0 Å². The predicted octanol–water partition coefficient (Wildman–Crippen LogP) is 2.46. The fraction of sp³-hybridized carbons (Fsp3) is 0.200. The third kappa shape index (κ3) is 2.53.